The van der Waals surface area contributed by atoms with E-state index in [4.69, 9.17) is 23.1 Å². The number of hydrogen-bond donors (Lipinski definition) is 4. The van der Waals surface area contributed by atoms with Crippen LogP contribution in [0.25, 0.3) is 0 Å². The van der Waals surface area contributed by atoms with Crippen LogP contribution in [0.1, 0.15) is 35.3 Å². The molecule has 0 aliphatic heterocycles. The number of amides is 1. The van der Waals surface area contributed by atoms with Crippen molar-refractivity contribution in [1.82, 2.24) is 20.0 Å². The smallest absolute Gasteiger partial charge is 0.273 e. The molecule has 1 amide bonds. The van der Waals surface area contributed by atoms with Crippen molar-refractivity contribution in [3.8, 4) is 0 Å². The maximum atomic E-state index is 12.3. The molecule has 0 saturated heterocycles. The molecule has 2 aromatic rings. The highest BCUT2D eigenvalue weighted by Crippen LogP contribution is 2.17. The van der Waals surface area contributed by atoms with E-state index in [9.17, 15) is 4.79 Å². The first-order valence-electron chi connectivity index (χ1n) is 11.1. The summed E-state index contributed by atoms with van der Waals surface area (Å²) >= 11 is 7.51. The summed E-state index contributed by atoms with van der Waals surface area (Å²) in [5.41, 5.74) is 12.5. The molecule has 0 bridgehead atoms. The van der Waals surface area contributed by atoms with Crippen LogP contribution in [-0.4, -0.2) is 74.9 Å². The summed E-state index contributed by atoms with van der Waals surface area (Å²) in [5.74, 6) is -0.413. The van der Waals surface area contributed by atoms with Crippen molar-refractivity contribution in [3.05, 3.63) is 40.7 Å². The van der Waals surface area contributed by atoms with Crippen LogP contribution in [0.4, 0.5) is 11.6 Å². The fourth-order valence-corrected chi connectivity index (χ4v) is 3.74. The van der Waals surface area contributed by atoms with Gasteiger partial charge in [-0.15, -0.1) is 0 Å². The van der Waals surface area contributed by atoms with Crippen LogP contribution in [0, 0.1) is 6.92 Å². The maximum Gasteiger partial charge on any atom is 0.273 e. The Balaban J connectivity index is 0.00000182. The highest BCUT2D eigenvalue weighted by Gasteiger charge is 2.18. The van der Waals surface area contributed by atoms with E-state index in [0.717, 1.165) is 43.4 Å². The zero-order valence-electron chi connectivity index (χ0n) is 20.9. The van der Waals surface area contributed by atoms with Gasteiger partial charge in [0.25, 0.3) is 5.91 Å². The van der Waals surface area contributed by atoms with Crippen molar-refractivity contribution >= 4 is 41.1 Å². The number of quaternary nitrogens is 1. The number of likely N-dealkylation sites (N-methyl/N-ethyl adjacent to an activating group) is 1. The summed E-state index contributed by atoms with van der Waals surface area (Å²) < 4.78 is 8.48. The lowest BCUT2D eigenvalue weighted by Gasteiger charge is -2.30. The Morgan fingerprint density at radius 2 is 1.68 bits per heavy atom. The SMILES string of the molecule is COC.Cc1ccc(SNCCCCC[N+](C)(C)CCNC(=O)c2nc(Cl)c(N)nc2N)cc1. The van der Waals surface area contributed by atoms with Gasteiger partial charge in [-0.2, -0.15) is 0 Å². The molecule has 0 unspecified atom stereocenters. The van der Waals surface area contributed by atoms with Gasteiger partial charge in [-0.1, -0.05) is 29.3 Å². The van der Waals surface area contributed by atoms with Gasteiger partial charge in [0.15, 0.2) is 22.5 Å². The first kappa shape index (κ1) is 29.9. The van der Waals surface area contributed by atoms with Crippen LogP contribution in [0.15, 0.2) is 29.2 Å². The minimum Gasteiger partial charge on any atom is -0.388 e. The van der Waals surface area contributed by atoms with E-state index in [1.807, 2.05) is 0 Å². The maximum absolute atomic E-state index is 12.3. The van der Waals surface area contributed by atoms with E-state index in [2.05, 4.69) is 70.0 Å². The third-order valence-electron chi connectivity index (χ3n) is 4.88. The number of rotatable bonds is 12. The number of ether oxygens (including phenoxy) is 1. The van der Waals surface area contributed by atoms with Gasteiger partial charge in [0.1, 0.15) is 0 Å². The van der Waals surface area contributed by atoms with Gasteiger partial charge in [0.05, 0.1) is 33.7 Å². The van der Waals surface area contributed by atoms with Crippen molar-refractivity contribution in [1.29, 1.82) is 0 Å². The normalized spacial score (nSPS) is 11.0. The molecule has 2 rings (SSSR count). The largest absolute Gasteiger partial charge is 0.388 e. The Kier molecular flexibility index (Phi) is 13.8. The second-order valence-electron chi connectivity index (χ2n) is 8.55. The molecule has 0 fully saturated rings. The van der Waals surface area contributed by atoms with Gasteiger partial charge < -0.3 is 26.0 Å². The number of unbranched alkanes of at least 4 members (excludes halogenated alkanes) is 2. The fourth-order valence-electron chi connectivity index (χ4n) is 2.93. The van der Waals surface area contributed by atoms with Gasteiger partial charge in [0.2, 0.25) is 0 Å². The van der Waals surface area contributed by atoms with Crippen molar-refractivity contribution in [2.75, 3.05) is 66.0 Å². The highest BCUT2D eigenvalue weighted by molar-refractivity contribution is 7.97. The number of hydrogen-bond acceptors (Lipinski definition) is 8. The third-order valence-corrected chi connectivity index (χ3v) is 6.01. The molecule has 6 N–H and O–H groups in total. The van der Waals surface area contributed by atoms with Crippen molar-refractivity contribution < 1.29 is 14.0 Å². The van der Waals surface area contributed by atoms with Gasteiger partial charge in [-0.3, -0.25) is 9.52 Å². The second kappa shape index (κ2) is 15.7. The molecule has 1 aromatic carbocycles. The summed E-state index contributed by atoms with van der Waals surface area (Å²) in [5, 5.41) is 2.80. The molecule has 0 aliphatic carbocycles. The number of nitrogens with two attached hydrogens (primary N) is 2. The molecule has 0 saturated carbocycles. The van der Waals surface area contributed by atoms with E-state index in [1.165, 1.54) is 10.5 Å². The molecule has 9 nitrogen and oxygen atoms in total. The summed E-state index contributed by atoms with van der Waals surface area (Å²) in [6, 6.07) is 8.52. The van der Waals surface area contributed by atoms with E-state index in [1.54, 1.807) is 26.2 Å². The van der Waals surface area contributed by atoms with Crippen LogP contribution in [-0.2, 0) is 4.74 Å². The zero-order valence-corrected chi connectivity index (χ0v) is 22.4. The molecule has 1 heterocycles. The molecule has 190 valence electrons. The quantitative estimate of drug-likeness (QED) is 0.194. The number of carbonyl (C=O) groups excluding carboxylic acids is 1. The molecule has 0 radical (unpaired) electrons. The number of anilines is 2. The topological polar surface area (TPSA) is 128 Å². The monoisotopic (exact) mass is 512 g/mol. The van der Waals surface area contributed by atoms with Crippen LogP contribution in [0.2, 0.25) is 5.15 Å². The number of aryl methyl sites for hydroxylation is 1. The van der Waals surface area contributed by atoms with Gasteiger partial charge >= 0.3 is 0 Å². The Labute approximate surface area is 212 Å². The van der Waals surface area contributed by atoms with Crippen LogP contribution in [0.3, 0.4) is 0 Å². The van der Waals surface area contributed by atoms with Gasteiger partial charge in [0, 0.05) is 25.7 Å². The Bertz CT molecular complexity index is 882. The number of aromatic nitrogens is 2. The van der Waals surface area contributed by atoms with Crippen molar-refractivity contribution in [2.24, 2.45) is 0 Å². The average molecular weight is 513 g/mol. The molecule has 0 atom stereocenters. The first-order valence-corrected chi connectivity index (χ1v) is 12.3. The fraction of sp³-hybridized carbons (Fsp3) is 0.522. The molecular formula is C23H39ClN7O2S+. The Morgan fingerprint density at radius 1 is 1.03 bits per heavy atom. The van der Waals surface area contributed by atoms with Gasteiger partial charge in [-0.25, -0.2) is 9.97 Å². The lowest BCUT2D eigenvalue weighted by molar-refractivity contribution is -0.889. The lowest BCUT2D eigenvalue weighted by atomic mass is 10.2. The summed E-state index contributed by atoms with van der Waals surface area (Å²) in [4.78, 5) is 21.3. The van der Waals surface area contributed by atoms with Gasteiger partial charge in [-0.05, 0) is 50.3 Å². The van der Waals surface area contributed by atoms with E-state index < -0.39 is 5.91 Å². The average Bonchev–Trinajstić information content (AvgIpc) is 2.77. The lowest BCUT2D eigenvalue weighted by Crippen LogP contribution is -2.46. The minimum atomic E-state index is -0.399. The molecule has 0 spiro atoms. The molecule has 0 aliphatic rings. The summed E-state index contributed by atoms with van der Waals surface area (Å²) in [6.45, 7) is 5.41. The second-order valence-corrected chi connectivity index (χ2v) is 9.87. The Morgan fingerprint density at radius 3 is 2.32 bits per heavy atom. The van der Waals surface area contributed by atoms with E-state index >= 15 is 0 Å². The predicted molar refractivity (Wildman–Crippen MR) is 142 cm³/mol. The minimum absolute atomic E-state index is 0.000475. The Hall–Kier alpha value is -2.11. The standard InChI is InChI=1S/C21H32ClN7OS.C2H6O/c1-15-7-9-16(10-8-15)31-26-11-5-4-6-13-29(2,3)14-12-25-21(30)17-19(23)28-20(24)18(22)27-17;1-3-2/h7-10,26H,4-6,11-14H2,1-3H3,(H4-,23,24,25,28,30);1-2H3/p+1. The number of nitrogens with one attached hydrogen (secondary N) is 2. The van der Waals surface area contributed by atoms with E-state index in [-0.39, 0.29) is 22.5 Å². The third kappa shape index (κ3) is 11.8. The van der Waals surface area contributed by atoms with Crippen LogP contribution in [0.5, 0.6) is 0 Å². The van der Waals surface area contributed by atoms with Crippen molar-refractivity contribution in [3.63, 3.8) is 0 Å². The number of nitrogens with zero attached hydrogens (tertiary/aromatic N) is 3. The number of methoxy groups -OCH3 is 1. The molecule has 1 aromatic heterocycles. The summed E-state index contributed by atoms with van der Waals surface area (Å²) in [7, 11) is 7.57. The first-order chi connectivity index (χ1) is 16.1. The zero-order chi connectivity index (χ0) is 25.6. The number of carbonyl (C=O) groups is 1. The molecule has 11 heteroatoms. The predicted octanol–water partition coefficient (Wildman–Crippen LogP) is 3.14. The molecular weight excluding hydrogens is 474 g/mol. The van der Waals surface area contributed by atoms with Crippen LogP contribution < -0.4 is 21.5 Å². The molecule has 34 heavy (non-hydrogen) atoms. The van der Waals surface area contributed by atoms with E-state index in [0.29, 0.717) is 6.54 Å². The van der Waals surface area contributed by atoms with Crippen LogP contribution >= 0.6 is 23.5 Å². The number of benzene rings is 1. The highest BCUT2D eigenvalue weighted by atomic mass is 35.5. The number of halogens is 1. The summed E-state index contributed by atoms with van der Waals surface area (Å²) in [6.07, 6.45) is 3.42. The number of nitrogen functional groups attached to an aromatic ring is 2. The van der Waals surface area contributed by atoms with Crippen molar-refractivity contribution in [2.45, 2.75) is 31.1 Å².